The minimum Gasteiger partial charge on any atom is -0.310 e. The fourth-order valence-electron chi connectivity index (χ4n) is 1.83. The van der Waals surface area contributed by atoms with Crippen molar-refractivity contribution in [1.29, 1.82) is 0 Å². The third kappa shape index (κ3) is 3.68. The van der Waals surface area contributed by atoms with Gasteiger partial charge in [0.25, 0.3) is 0 Å². The number of anilines is 1. The Morgan fingerprint density at radius 1 is 1.36 bits per heavy atom. The first kappa shape index (κ1) is 16.5. The Balaban J connectivity index is 2.43. The smallest absolute Gasteiger partial charge is 0.238 e. The molecule has 1 atom stereocenters. The number of hydrogen-bond acceptors (Lipinski definition) is 4. The molecule has 2 rings (SSSR count). The predicted molar refractivity (Wildman–Crippen MR) is 91.7 cm³/mol. The first-order valence-corrected chi connectivity index (χ1v) is 8.47. The van der Waals surface area contributed by atoms with Crippen molar-refractivity contribution in [3.05, 3.63) is 36.2 Å². The van der Waals surface area contributed by atoms with Crippen LogP contribution in [0.4, 0.5) is 5.82 Å². The van der Waals surface area contributed by atoms with E-state index in [1.165, 1.54) is 11.8 Å². The number of rotatable bonds is 4. The zero-order valence-electron chi connectivity index (χ0n) is 13.6. The Hall–Kier alpha value is -1.82. The quantitative estimate of drug-likeness (QED) is 0.940. The lowest BCUT2D eigenvalue weighted by Gasteiger charge is -2.13. The van der Waals surface area contributed by atoms with Crippen LogP contribution in [-0.2, 0) is 10.2 Å². The molecule has 0 aliphatic carbocycles. The maximum absolute atomic E-state index is 12.2. The molecule has 0 aliphatic heterocycles. The summed E-state index contributed by atoms with van der Waals surface area (Å²) in [4.78, 5) is 16.5. The van der Waals surface area contributed by atoms with Crippen LogP contribution in [0.25, 0.3) is 5.82 Å². The fourth-order valence-corrected chi connectivity index (χ4v) is 2.10. The summed E-state index contributed by atoms with van der Waals surface area (Å²) in [6.45, 7) is 8.16. The molecule has 2 aromatic rings. The van der Waals surface area contributed by atoms with Gasteiger partial charge in [-0.1, -0.05) is 26.8 Å². The number of nitrogens with one attached hydrogen (secondary N) is 1. The number of thioether (sulfide) groups is 1. The second-order valence-electron chi connectivity index (χ2n) is 6.13. The van der Waals surface area contributed by atoms with Crippen molar-refractivity contribution in [3.8, 4) is 5.82 Å². The normalized spacial score (nSPS) is 13.0. The minimum atomic E-state index is -0.120. The molecule has 0 spiro atoms. The van der Waals surface area contributed by atoms with Gasteiger partial charge in [0, 0.05) is 17.7 Å². The van der Waals surface area contributed by atoms with Gasteiger partial charge in [-0.05, 0) is 25.3 Å². The molecule has 6 heteroatoms. The van der Waals surface area contributed by atoms with Crippen molar-refractivity contribution in [2.24, 2.45) is 0 Å². The lowest BCUT2D eigenvalue weighted by atomic mass is 9.92. The number of hydrogen-bond donors (Lipinski definition) is 1. The summed E-state index contributed by atoms with van der Waals surface area (Å²) in [5, 5.41) is 7.46. The van der Waals surface area contributed by atoms with Crippen molar-refractivity contribution < 1.29 is 4.79 Å². The number of pyridine rings is 1. The van der Waals surface area contributed by atoms with Crippen molar-refractivity contribution in [2.45, 2.75) is 38.4 Å². The molecule has 0 saturated heterocycles. The third-order valence-corrected chi connectivity index (χ3v) is 4.24. The first-order chi connectivity index (χ1) is 10.3. The van der Waals surface area contributed by atoms with E-state index < -0.39 is 0 Å². The molecular formula is C16H22N4OS. The molecule has 0 fully saturated rings. The lowest BCUT2D eigenvalue weighted by molar-refractivity contribution is -0.115. The highest BCUT2D eigenvalue weighted by molar-refractivity contribution is 7.99. The molecule has 0 aliphatic rings. The molecule has 0 unspecified atom stereocenters. The highest BCUT2D eigenvalue weighted by Crippen LogP contribution is 2.26. The van der Waals surface area contributed by atoms with Gasteiger partial charge in [0.15, 0.2) is 5.82 Å². The van der Waals surface area contributed by atoms with Gasteiger partial charge in [-0.2, -0.15) is 21.5 Å². The van der Waals surface area contributed by atoms with E-state index in [1.807, 2.05) is 37.4 Å². The number of carbonyl (C=O) groups is 1. The van der Waals surface area contributed by atoms with Crippen molar-refractivity contribution in [3.63, 3.8) is 0 Å². The highest BCUT2D eigenvalue weighted by Gasteiger charge is 2.22. The Bertz CT molecular complexity index is 646. The van der Waals surface area contributed by atoms with E-state index in [1.54, 1.807) is 10.9 Å². The SMILES string of the molecule is CS[C@H](C)C(=O)Nc1cc(C(C)(C)C)nn1-c1ccccn1. The maximum Gasteiger partial charge on any atom is 0.238 e. The molecule has 0 saturated carbocycles. The van der Waals surface area contributed by atoms with Crippen molar-refractivity contribution in [2.75, 3.05) is 11.6 Å². The average molecular weight is 318 g/mol. The highest BCUT2D eigenvalue weighted by atomic mass is 32.2. The summed E-state index contributed by atoms with van der Waals surface area (Å²) in [5.41, 5.74) is 0.801. The Morgan fingerprint density at radius 2 is 2.09 bits per heavy atom. The fraction of sp³-hybridized carbons (Fsp3) is 0.438. The molecule has 2 aromatic heterocycles. The van der Waals surface area contributed by atoms with Crippen molar-refractivity contribution >= 4 is 23.5 Å². The number of amides is 1. The molecule has 5 nitrogen and oxygen atoms in total. The van der Waals surface area contributed by atoms with Crippen LogP contribution in [-0.4, -0.2) is 32.2 Å². The van der Waals surface area contributed by atoms with Crippen LogP contribution >= 0.6 is 11.8 Å². The molecule has 2 heterocycles. The van der Waals surface area contributed by atoms with Crippen LogP contribution < -0.4 is 5.32 Å². The topological polar surface area (TPSA) is 59.8 Å². The average Bonchev–Trinajstić information content (AvgIpc) is 2.91. The second-order valence-corrected chi connectivity index (χ2v) is 7.31. The maximum atomic E-state index is 12.2. The summed E-state index contributed by atoms with van der Waals surface area (Å²) in [7, 11) is 0. The van der Waals surface area contributed by atoms with E-state index in [9.17, 15) is 4.79 Å². The summed E-state index contributed by atoms with van der Waals surface area (Å²) in [6.07, 6.45) is 3.63. The van der Waals surface area contributed by atoms with Gasteiger partial charge in [0.05, 0.1) is 10.9 Å². The summed E-state index contributed by atoms with van der Waals surface area (Å²) in [6, 6.07) is 7.54. The van der Waals surface area contributed by atoms with E-state index in [4.69, 9.17) is 0 Å². The number of carbonyl (C=O) groups excluding carboxylic acids is 1. The molecule has 0 bridgehead atoms. The third-order valence-electron chi connectivity index (χ3n) is 3.32. The van der Waals surface area contributed by atoms with Crippen LogP contribution in [0.5, 0.6) is 0 Å². The lowest BCUT2D eigenvalue weighted by Crippen LogP contribution is -2.23. The summed E-state index contributed by atoms with van der Waals surface area (Å²) >= 11 is 1.51. The number of nitrogens with zero attached hydrogens (tertiary/aromatic N) is 3. The van der Waals surface area contributed by atoms with E-state index in [2.05, 4.69) is 36.2 Å². The van der Waals surface area contributed by atoms with Gasteiger partial charge in [-0.3, -0.25) is 4.79 Å². The van der Waals surface area contributed by atoms with Crippen LogP contribution in [0.1, 0.15) is 33.4 Å². The van der Waals surface area contributed by atoms with Gasteiger partial charge in [-0.25, -0.2) is 4.98 Å². The predicted octanol–water partition coefficient (Wildman–Crippen LogP) is 3.25. The van der Waals surface area contributed by atoms with Crippen LogP contribution in [0.2, 0.25) is 0 Å². The molecule has 0 radical (unpaired) electrons. The summed E-state index contributed by atoms with van der Waals surface area (Å²) in [5.74, 6) is 1.30. The molecule has 22 heavy (non-hydrogen) atoms. The van der Waals surface area contributed by atoms with Gasteiger partial charge < -0.3 is 5.32 Å². The van der Waals surface area contributed by atoms with Crippen molar-refractivity contribution in [1.82, 2.24) is 14.8 Å². The van der Waals surface area contributed by atoms with Crippen LogP contribution in [0, 0.1) is 0 Å². The Morgan fingerprint density at radius 3 is 2.64 bits per heavy atom. The van der Waals surface area contributed by atoms with Gasteiger partial charge in [-0.15, -0.1) is 0 Å². The number of aromatic nitrogens is 3. The van der Waals surface area contributed by atoms with Gasteiger partial charge in [0.2, 0.25) is 5.91 Å². The minimum absolute atomic E-state index is 0.0370. The van der Waals surface area contributed by atoms with Gasteiger partial charge >= 0.3 is 0 Å². The molecule has 1 amide bonds. The zero-order valence-corrected chi connectivity index (χ0v) is 14.4. The summed E-state index contributed by atoms with van der Waals surface area (Å²) < 4.78 is 1.69. The standard InChI is InChI=1S/C16H22N4OS/c1-11(22-5)15(21)18-14-10-12(16(2,3)4)19-20(14)13-8-6-7-9-17-13/h6-11H,1-5H3,(H,18,21)/t11-/m1/s1. The van der Waals surface area contributed by atoms with E-state index in [0.29, 0.717) is 11.6 Å². The molecule has 118 valence electrons. The van der Waals surface area contributed by atoms with Gasteiger partial charge in [0.1, 0.15) is 5.82 Å². The molecule has 0 aromatic carbocycles. The second kappa shape index (κ2) is 6.52. The van der Waals surface area contributed by atoms with E-state index in [-0.39, 0.29) is 16.6 Å². The Labute approximate surface area is 135 Å². The zero-order chi connectivity index (χ0) is 16.3. The van der Waals surface area contributed by atoms with Crippen LogP contribution in [0.15, 0.2) is 30.5 Å². The monoisotopic (exact) mass is 318 g/mol. The van der Waals surface area contributed by atoms with E-state index in [0.717, 1.165) is 5.69 Å². The Kier molecular flexibility index (Phi) is 4.90. The molecule has 1 N–H and O–H groups in total. The largest absolute Gasteiger partial charge is 0.310 e. The van der Waals surface area contributed by atoms with E-state index >= 15 is 0 Å². The first-order valence-electron chi connectivity index (χ1n) is 7.18. The van der Waals surface area contributed by atoms with Crippen LogP contribution in [0.3, 0.4) is 0 Å². The molecular weight excluding hydrogens is 296 g/mol.